The molecule has 5 nitrogen and oxygen atoms in total. The second kappa shape index (κ2) is 7.31. The van der Waals surface area contributed by atoms with Gasteiger partial charge in [-0.1, -0.05) is 0 Å². The van der Waals surface area contributed by atoms with Gasteiger partial charge in [0.15, 0.2) is 17.3 Å². The Morgan fingerprint density at radius 2 is 1.86 bits per heavy atom. The third-order valence-electron chi connectivity index (χ3n) is 3.63. The van der Waals surface area contributed by atoms with Crippen LogP contribution in [-0.4, -0.2) is 51.6 Å². The van der Waals surface area contributed by atoms with Gasteiger partial charge in [-0.05, 0) is 37.7 Å². The minimum atomic E-state index is 0.199. The number of ketones is 1. The predicted molar refractivity (Wildman–Crippen MR) is 85.8 cm³/mol. The van der Waals surface area contributed by atoms with E-state index in [9.17, 15) is 4.79 Å². The predicted octanol–water partition coefficient (Wildman–Crippen LogP) is 2.39. The van der Waals surface area contributed by atoms with Crippen molar-refractivity contribution in [2.45, 2.75) is 13.3 Å². The Balaban J connectivity index is 2.41. The summed E-state index contributed by atoms with van der Waals surface area (Å²) in [5.41, 5.74) is 1.68. The van der Waals surface area contributed by atoms with Gasteiger partial charge in [-0.3, -0.25) is 4.79 Å². The number of methoxy groups -OCH3 is 2. The maximum absolute atomic E-state index is 12.0. The van der Waals surface area contributed by atoms with Crippen molar-refractivity contribution in [2.75, 3.05) is 41.0 Å². The van der Waals surface area contributed by atoms with Crippen LogP contribution in [0.2, 0.25) is 0 Å². The van der Waals surface area contributed by atoms with Crippen molar-refractivity contribution >= 4 is 11.9 Å². The Hall–Kier alpha value is -2.01. The summed E-state index contributed by atoms with van der Waals surface area (Å²) in [4.78, 5) is 14.2. The van der Waals surface area contributed by atoms with Gasteiger partial charge in [-0.15, -0.1) is 0 Å². The zero-order chi connectivity index (χ0) is 16.1. The van der Waals surface area contributed by atoms with Crippen LogP contribution in [0.1, 0.15) is 18.9 Å². The number of likely N-dealkylation sites (tertiary alicyclic amines) is 1. The van der Waals surface area contributed by atoms with E-state index in [0.29, 0.717) is 36.8 Å². The Labute approximate surface area is 131 Å². The summed E-state index contributed by atoms with van der Waals surface area (Å²) in [6.45, 7) is 3.91. The van der Waals surface area contributed by atoms with Crippen LogP contribution in [0.3, 0.4) is 0 Å². The van der Waals surface area contributed by atoms with Gasteiger partial charge in [0.1, 0.15) is 0 Å². The highest BCUT2D eigenvalue weighted by molar-refractivity contribution is 6.00. The zero-order valence-corrected chi connectivity index (χ0v) is 13.6. The van der Waals surface area contributed by atoms with Crippen molar-refractivity contribution < 1.29 is 19.0 Å². The topological polar surface area (TPSA) is 48.0 Å². The first-order valence-electron chi connectivity index (χ1n) is 7.40. The van der Waals surface area contributed by atoms with E-state index in [0.717, 1.165) is 17.7 Å². The highest BCUT2D eigenvalue weighted by Gasteiger charge is 2.19. The molecule has 0 bridgehead atoms. The van der Waals surface area contributed by atoms with Crippen LogP contribution in [-0.2, 0) is 4.79 Å². The van der Waals surface area contributed by atoms with Crippen molar-refractivity contribution in [3.63, 3.8) is 0 Å². The molecule has 0 aliphatic carbocycles. The van der Waals surface area contributed by atoms with Gasteiger partial charge in [0.25, 0.3) is 0 Å². The van der Waals surface area contributed by atoms with Crippen LogP contribution in [0.5, 0.6) is 17.2 Å². The number of hydrogen-bond donors (Lipinski definition) is 0. The number of nitrogens with zero attached hydrogens (tertiary/aromatic N) is 1. The number of benzene rings is 1. The molecule has 0 amide bonds. The Bertz CT molecular complexity index is 555. The quantitative estimate of drug-likeness (QED) is 0.782. The number of hydrogen-bond acceptors (Lipinski definition) is 5. The van der Waals surface area contributed by atoms with Crippen LogP contribution in [0, 0.1) is 0 Å². The number of carbonyl (C=O) groups excluding carboxylic acids is 1. The monoisotopic (exact) mass is 305 g/mol. The molecule has 22 heavy (non-hydrogen) atoms. The van der Waals surface area contributed by atoms with Crippen LogP contribution in [0.25, 0.3) is 6.08 Å². The number of likely N-dealkylation sites (N-methyl/N-ethyl adjacent to an activating group) is 1. The molecule has 0 saturated carbocycles. The zero-order valence-electron chi connectivity index (χ0n) is 13.6. The first kappa shape index (κ1) is 16.4. The highest BCUT2D eigenvalue weighted by Crippen LogP contribution is 2.39. The van der Waals surface area contributed by atoms with Crippen LogP contribution in [0.4, 0.5) is 0 Å². The van der Waals surface area contributed by atoms with E-state index in [1.165, 1.54) is 0 Å². The fourth-order valence-corrected chi connectivity index (χ4v) is 2.51. The molecular formula is C17H23NO4. The summed E-state index contributed by atoms with van der Waals surface area (Å²) in [5, 5.41) is 0. The summed E-state index contributed by atoms with van der Waals surface area (Å²) in [6, 6.07) is 3.73. The number of rotatable bonds is 5. The molecule has 120 valence electrons. The van der Waals surface area contributed by atoms with Crippen LogP contribution in [0.15, 0.2) is 17.7 Å². The fraction of sp³-hybridized carbons (Fsp3) is 0.471. The first-order valence-corrected chi connectivity index (χ1v) is 7.40. The molecule has 0 atom stereocenters. The summed E-state index contributed by atoms with van der Waals surface area (Å²) >= 11 is 0. The van der Waals surface area contributed by atoms with E-state index in [-0.39, 0.29) is 5.78 Å². The van der Waals surface area contributed by atoms with Crippen molar-refractivity contribution in [1.29, 1.82) is 0 Å². The average Bonchev–Trinajstić information content (AvgIpc) is 2.52. The molecule has 0 unspecified atom stereocenters. The molecule has 1 heterocycles. The minimum absolute atomic E-state index is 0.199. The molecule has 5 heteroatoms. The van der Waals surface area contributed by atoms with Crippen molar-refractivity contribution in [3.05, 3.63) is 23.3 Å². The molecule has 1 aromatic rings. The molecule has 1 saturated heterocycles. The Morgan fingerprint density at radius 1 is 1.23 bits per heavy atom. The number of Topliss-reactive ketones (excluding diaryl/α,β-unsaturated/α-hetero) is 1. The normalized spacial score (nSPS) is 17.6. The first-order chi connectivity index (χ1) is 10.6. The molecule has 1 fully saturated rings. The number of carbonyl (C=O) groups is 1. The lowest BCUT2D eigenvalue weighted by atomic mass is 10.0. The third kappa shape index (κ3) is 3.60. The summed E-state index contributed by atoms with van der Waals surface area (Å²) in [5.74, 6) is 1.99. The van der Waals surface area contributed by atoms with Crippen LogP contribution >= 0.6 is 0 Å². The molecule has 0 aromatic heterocycles. The molecule has 1 aliphatic rings. The highest BCUT2D eigenvalue weighted by atomic mass is 16.5. The molecule has 0 N–H and O–H groups in total. The largest absolute Gasteiger partial charge is 0.493 e. The summed E-state index contributed by atoms with van der Waals surface area (Å²) < 4.78 is 16.4. The molecule has 0 spiro atoms. The molecular weight excluding hydrogens is 282 g/mol. The summed E-state index contributed by atoms with van der Waals surface area (Å²) in [6.07, 6.45) is 2.46. The van der Waals surface area contributed by atoms with Crippen LogP contribution < -0.4 is 14.2 Å². The smallest absolute Gasteiger partial charge is 0.203 e. The second-order valence-electron chi connectivity index (χ2n) is 5.27. The number of piperidine rings is 1. The summed E-state index contributed by atoms with van der Waals surface area (Å²) in [7, 11) is 5.20. The van der Waals surface area contributed by atoms with Crippen molar-refractivity contribution in [1.82, 2.24) is 4.90 Å². The molecule has 0 radical (unpaired) electrons. The molecule has 1 aromatic carbocycles. The van der Waals surface area contributed by atoms with Gasteiger partial charge in [-0.25, -0.2) is 0 Å². The third-order valence-corrected chi connectivity index (χ3v) is 3.63. The van der Waals surface area contributed by atoms with Crippen molar-refractivity contribution in [3.8, 4) is 17.2 Å². The van der Waals surface area contributed by atoms with E-state index in [2.05, 4.69) is 4.90 Å². The second-order valence-corrected chi connectivity index (χ2v) is 5.27. The fourth-order valence-electron chi connectivity index (χ4n) is 2.51. The number of ether oxygens (including phenoxy) is 3. The minimum Gasteiger partial charge on any atom is -0.493 e. The molecule has 2 rings (SSSR count). The Kier molecular flexibility index (Phi) is 5.44. The van der Waals surface area contributed by atoms with Gasteiger partial charge in [0.2, 0.25) is 5.75 Å². The van der Waals surface area contributed by atoms with E-state index in [4.69, 9.17) is 14.2 Å². The van der Waals surface area contributed by atoms with Gasteiger partial charge in [0.05, 0.1) is 20.8 Å². The SMILES string of the molecule is CCOc1c(OC)cc(/C=C2\CN(C)CCC2=O)cc1OC. The van der Waals surface area contributed by atoms with E-state index < -0.39 is 0 Å². The lowest BCUT2D eigenvalue weighted by molar-refractivity contribution is -0.117. The van der Waals surface area contributed by atoms with E-state index in [1.807, 2.05) is 32.2 Å². The van der Waals surface area contributed by atoms with Gasteiger partial charge < -0.3 is 19.1 Å². The maximum Gasteiger partial charge on any atom is 0.203 e. The van der Waals surface area contributed by atoms with Gasteiger partial charge in [-0.2, -0.15) is 0 Å². The standard InChI is InChI=1S/C17H23NO4/c1-5-22-17-15(20-3)9-12(10-16(17)21-4)8-13-11-18(2)7-6-14(13)19/h8-10H,5-7,11H2,1-4H3/b13-8+. The van der Waals surface area contributed by atoms with Crippen molar-refractivity contribution in [2.24, 2.45) is 0 Å². The Morgan fingerprint density at radius 3 is 2.41 bits per heavy atom. The van der Waals surface area contributed by atoms with Gasteiger partial charge >= 0.3 is 0 Å². The molecule has 1 aliphatic heterocycles. The van der Waals surface area contributed by atoms with E-state index in [1.54, 1.807) is 14.2 Å². The maximum atomic E-state index is 12.0. The lowest BCUT2D eigenvalue weighted by Crippen LogP contribution is -2.32. The van der Waals surface area contributed by atoms with Gasteiger partial charge in [0, 0.05) is 25.1 Å². The van der Waals surface area contributed by atoms with E-state index >= 15 is 0 Å². The average molecular weight is 305 g/mol. The lowest BCUT2D eigenvalue weighted by Gasteiger charge is -2.23.